The van der Waals surface area contributed by atoms with Crippen molar-refractivity contribution in [2.24, 2.45) is 0 Å². The molecule has 1 N–H and O–H groups in total. The number of hydrogen-bond acceptors (Lipinski definition) is 6. The van der Waals surface area contributed by atoms with Gasteiger partial charge in [0.25, 0.3) is 0 Å². The minimum atomic E-state index is -1.37. The van der Waals surface area contributed by atoms with Crippen LogP contribution >= 0.6 is 0 Å². The highest BCUT2D eigenvalue weighted by Crippen LogP contribution is 2.21. The van der Waals surface area contributed by atoms with Crippen molar-refractivity contribution in [1.29, 1.82) is 0 Å². The summed E-state index contributed by atoms with van der Waals surface area (Å²) >= 11 is 0. The van der Waals surface area contributed by atoms with Crippen LogP contribution in [0.1, 0.15) is 5.69 Å². The molecule has 0 spiro atoms. The Labute approximate surface area is 114 Å². The summed E-state index contributed by atoms with van der Waals surface area (Å²) in [4.78, 5) is 21.8. The molecule has 7 nitrogen and oxygen atoms in total. The smallest absolute Gasteiger partial charge is 0.250 e. The molecule has 20 heavy (non-hydrogen) atoms. The average Bonchev–Trinajstić information content (AvgIpc) is 2.39. The fourth-order valence-corrected chi connectivity index (χ4v) is 1.68. The molecule has 0 atom stereocenters. The Morgan fingerprint density at radius 2 is 2.10 bits per heavy atom. The summed E-state index contributed by atoms with van der Waals surface area (Å²) < 4.78 is 4.66. The largest absolute Gasteiger partial charge is 0.548 e. The van der Waals surface area contributed by atoms with Gasteiger partial charge < -0.3 is 20.0 Å². The van der Waals surface area contributed by atoms with Crippen molar-refractivity contribution in [1.82, 2.24) is 10.2 Å². The Morgan fingerprint density at radius 3 is 2.85 bits per heavy atom. The standard InChI is InChI=1S/C13H13N3O4/c1-8-5-9-10(3-2-4-11(9)16-15-8)14-12(17)6-20-7-13(18)19/h2-5H,6-7H2,1H3,(H,14,17)(H,18,19)/p-1. The maximum Gasteiger partial charge on any atom is 0.250 e. The van der Waals surface area contributed by atoms with Crippen LogP contribution in [0.3, 0.4) is 0 Å². The minimum absolute atomic E-state index is 0.359. The Hall–Kier alpha value is -2.54. The van der Waals surface area contributed by atoms with Crippen LogP contribution in [0.4, 0.5) is 5.69 Å². The van der Waals surface area contributed by atoms with E-state index in [9.17, 15) is 14.7 Å². The molecule has 0 saturated heterocycles. The second kappa shape index (κ2) is 6.07. The van der Waals surface area contributed by atoms with Crippen LogP contribution in [0.5, 0.6) is 0 Å². The molecule has 0 saturated carbocycles. The lowest BCUT2D eigenvalue weighted by molar-refractivity contribution is -0.309. The number of carbonyl (C=O) groups excluding carboxylic acids is 2. The highest BCUT2D eigenvalue weighted by atomic mass is 16.5. The van der Waals surface area contributed by atoms with Crippen molar-refractivity contribution in [2.75, 3.05) is 18.5 Å². The number of nitrogens with one attached hydrogen (secondary N) is 1. The summed E-state index contributed by atoms with van der Waals surface area (Å²) in [5.41, 5.74) is 1.96. The fraction of sp³-hybridized carbons (Fsp3) is 0.231. The van der Waals surface area contributed by atoms with Crippen LogP contribution in [-0.4, -0.2) is 35.3 Å². The number of carbonyl (C=O) groups is 2. The maximum absolute atomic E-state index is 11.6. The predicted molar refractivity (Wildman–Crippen MR) is 68.7 cm³/mol. The van der Waals surface area contributed by atoms with Gasteiger partial charge in [0, 0.05) is 5.39 Å². The number of fused-ring (bicyclic) bond motifs is 1. The third-order valence-electron chi connectivity index (χ3n) is 2.48. The Bertz CT molecular complexity index is 657. The van der Waals surface area contributed by atoms with E-state index < -0.39 is 18.5 Å². The van der Waals surface area contributed by atoms with Gasteiger partial charge in [0.2, 0.25) is 5.91 Å². The molecule has 1 heterocycles. The fourth-order valence-electron chi connectivity index (χ4n) is 1.68. The van der Waals surface area contributed by atoms with E-state index >= 15 is 0 Å². The number of anilines is 1. The summed E-state index contributed by atoms with van der Waals surface area (Å²) in [5.74, 6) is -1.82. The average molecular weight is 274 g/mol. The van der Waals surface area contributed by atoms with Gasteiger partial charge in [-0.15, -0.1) is 0 Å². The third-order valence-corrected chi connectivity index (χ3v) is 2.48. The number of carboxylic acids is 1. The topological polar surface area (TPSA) is 104 Å². The molecule has 0 aliphatic carbocycles. The van der Waals surface area contributed by atoms with Crippen LogP contribution in [-0.2, 0) is 14.3 Å². The van der Waals surface area contributed by atoms with Gasteiger partial charge in [0.05, 0.1) is 29.5 Å². The van der Waals surface area contributed by atoms with E-state index in [-0.39, 0.29) is 6.61 Å². The molecule has 0 fully saturated rings. The third kappa shape index (κ3) is 3.48. The number of nitrogens with zero attached hydrogens (tertiary/aromatic N) is 2. The van der Waals surface area contributed by atoms with Gasteiger partial charge in [0.15, 0.2) is 0 Å². The summed E-state index contributed by atoms with van der Waals surface area (Å²) in [6, 6.07) is 7.05. The van der Waals surface area contributed by atoms with Gasteiger partial charge in [-0.3, -0.25) is 4.79 Å². The molecule has 2 rings (SSSR count). The highest BCUT2D eigenvalue weighted by molar-refractivity contribution is 6.01. The first-order valence-corrected chi connectivity index (χ1v) is 5.87. The lowest BCUT2D eigenvalue weighted by Crippen LogP contribution is -2.29. The van der Waals surface area contributed by atoms with Crippen LogP contribution in [0, 0.1) is 6.92 Å². The number of aryl methyl sites for hydroxylation is 1. The van der Waals surface area contributed by atoms with E-state index in [0.717, 1.165) is 11.1 Å². The second-order valence-corrected chi connectivity index (χ2v) is 4.14. The van der Waals surface area contributed by atoms with Crippen molar-refractivity contribution in [3.63, 3.8) is 0 Å². The summed E-state index contributed by atoms with van der Waals surface area (Å²) in [6.45, 7) is 0.823. The molecule has 0 aliphatic heterocycles. The van der Waals surface area contributed by atoms with Crippen LogP contribution in [0.25, 0.3) is 10.9 Å². The quantitative estimate of drug-likeness (QED) is 0.798. The van der Waals surface area contributed by atoms with Crippen LogP contribution in [0.15, 0.2) is 24.3 Å². The molecule has 1 amide bonds. The Morgan fingerprint density at radius 1 is 1.30 bits per heavy atom. The number of hydrogen-bond donors (Lipinski definition) is 1. The first kappa shape index (κ1) is 13.9. The van der Waals surface area contributed by atoms with Crippen molar-refractivity contribution in [3.8, 4) is 0 Å². The van der Waals surface area contributed by atoms with E-state index in [1.54, 1.807) is 31.2 Å². The van der Waals surface area contributed by atoms with Gasteiger partial charge in [0.1, 0.15) is 6.61 Å². The zero-order chi connectivity index (χ0) is 14.5. The van der Waals surface area contributed by atoms with E-state index in [1.807, 2.05) is 0 Å². The van der Waals surface area contributed by atoms with Gasteiger partial charge in [-0.2, -0.15) is 10.2 Å². The Balaban J connectivity index is 2.11. The lowest BCUT2D eigenvalue weighted by Gasteiger charge is -2.09. The number of aromatic nitrogens is 2. The molecule has 2 aromatic rings. The summed E-state index contributed by atoms with van der Waals surface area (Å²) in [5, 5.41) is 21.5. The second-order valence-electron chi connectivity index (χ2n) is 4.14. The van der Waals surface area contributed by atoms with E-state index in [0.29, 0.717) is 11.2 Å². The normalized spacial score (nSPS) is 10.4. The SMILES string of the molecule is Cc1cc2c(NC(=O)COCC(=O)[O-])cccc2nn1. The number of amides is 1. The van der Waals surface area contributed by atoms with Gasteiger partial charge >= 0.3 is 0 Å². The first-order valence-electron chi connectivity index (χ1n) is 5.87. The van der Waals surface area contributed by atoms with E-state index in [4.69, 9.17) is 0 Å². The van der Waals surface area contributed by atoms with Crippen LogP contribution in [0.2, 0.25) is 0 Å². The molecule has 0 bridgehead atoms. The molecular formula is C13H12N3O4-. The van der Waals surface area contributed by atoms with Crippen molar-refractivity contribution >= 4 is 28.5 Å². The number of benzene rings is 1. The minimum Gasteiger partial charge on any atom is -0.548 e. The predicted octanol–water partition coefficient (Wildman–Crippen LogP) is -0.357. The van der Waals surface area contributed by atoms with E-state index in [1.165, 1.54) is 0 Å². The lowest BCUT2D eigenvalue weighted by atomic mass is 10.2. The van der Waals surface area contributed by atoms with Gasteiger partial charge in [-0.05, 0) is 25.1 Å². The summed E-state index contributed by atoms with van der Waals surface area (Å²) in [6.07, 6.45) is 0. The number of carboxylic acid groups (broad SMARTS) is 1. The molecule has 7 heteroatoms. The van der Waals surface area contributed by atoms with Gasteiger partial charge in [-0.1, -0.05) is 6.07 Å². The molecule has 104 valence electrons. The van der Waals surface area contributed by atoms with Crippen LogP contribution < -0.4 is 10.4 Å². The number of aliphatic carboxylic acids is 1. The zero-order valence-corrected chi connectivity index (χ0v) is 10.8. The molecule has 0 unspecified atom stereocenters. The number of ether oxygens (including phenoxy) is 1. The van der Waals surface area contributed by atoms with Gasteiger partial charge in [-0.25, -0.2) is 0 Å². The Kier molecular flexibility index (Phi) is 4.21. The maximum atomic E-state index is 11.6. The molecule has 1 aromatic heterocycles. The summed E-state index contributed by atoms with van der Waals surface area (Å²) in [7, 11) is 0. The highest BCUT2D eigenvalue weighted by Gasteiger charge is 2.07. The molecular weight excluding hydrogens is 262 g/mol. The van der Waals surface area contributed by atoms with Crippen molar-refractivity contribution in [2.45, 2.75) is 6.92 Å². The first-order chi connectivity index (χ1) is 9.56. The van der Waals surface area contributed by atoms with E-state index in [2.05, 4.69) is 20.3 Å². The molecule has 1 aromatic carbocycles. The monoisotopic (exact) mass is 274 g/mol. The van der Waals surface area contributed by atoms with Crippen molar-refractivity contribution in [3.05, 3.63) is 30.0 Å². The molecule has 0 radical (unpaired) electrons. The molecule has 0 aliphatic rings. The number of rotatable bonds is 5. The van der Waals surface area contributed by atoms with Crippen molar-refractivity contribution < 1.29 is 19.4 Å². The zero-order valence-electron chi connectivity index (χ0n) is 10.8.